The monoisotopic (exact) mass is 328 g/mol. The molecule has 1 aromatic carbocycles. The van der Waals surface area contributed by atoms with E-state index in [-0.39, 0.29) is 5.38 Å². The lowest BCUT2D eigenvalue weighted by Gasteiger charge is -2.09. The summed E-state index contributed by atoms with van der Waals surface area (Å²) in [5.41, 5.74) is 2.58. The number of benzene rings is 1. The highest BCUT2D eigenvalue weighted by molar-refractivity contribution is 9.10. The third-order valence-corrected chi connectivity index (χ3v) is 5.20. The summed E-state index contributed by atoms with van der Waals surface area (Å²) in [6.45, 7) is 4.22. The fourth-order valence-electron chi connectivity index (χ4n) is 1.85. The van der Waals surface area contributed by atoms with Crippen LogP contribution in [0.15, 0.2) is 34.8 Å². The van der Waals surface area contributed by atoms with Crippen LogP contribution in [0.4, 0.5) is 0 Å². The molecule has 17 heavy (non-hydrogen) atoms. The van der Waals surface area contributed by atoms with E-state index in [1.165, 1.54) is 20.9 Å². The zero-order valence-electron chi connectivity index (χ0n) is 9.84. The smallest absolute Gasteiger partial charge is 0.0730 e. The molecule has 0 N–H and O–H groups in total. The number of aryl methyl sites for hydroxylation is 2. The quantitative estimate of drug-likeness (QED) is 0.638. The van der Waals surface area contributed by atoms with Crippen LogP contribution in [0.25, 0.3) is 0 Å². The molecule has 2 aromatic rings. The second kappa shape index (κ2) is 5.55. The predicted octanol–water partition coefficient (Wildman–Crippen LogP) is 5.65. The lowest BCUT2D eigenvalue weighted by Crippen LogP contribution is -1.94. The highest BCUT2D eigenvalue weighted by Crippen LogP contribution is 2.37. The molecule has 1 atom stereocenters. The average molecular weight is 330 g/mol. The van der Waals surface area contributed by atoms with Crippen LogP contribution in [-0.2, 0) is 6.42 Å². The molecule has 1 unspecified atom stereocenters. The summed E-state index contributed by atoms with van der Waals surface area (Å²) in [7, 11) is 0. The maximum Gasteiger partial charge on any atom is 0.0730 e. The number of hydrogen-bond acceptors (Lipinski definition) is 1. The summed E-state index contributed by atoms with van der Waals surface area (Å²) in [6.07, 6.45) is 0.877. The molecule has 0 saturated heterocycles. The highest BCUT2D eigenvalue weighted by atomic mass is 79.9. The van der Waals surface area contributed by atoms with Gasteiger partial charge >= 0.3 is 0 Å². The van der Waals surface area contributed by atoms with Gasteiger partial charge in [0.25, 0.3) is 0 Å². The van der Waals surface area contributed by atoms with Gasteiger partial charge in [0.15, 0.2) is 0 Å². The molecule has 0 radical (unpaired) electrons. The van der Waals surface area contributed by atoms with Crippen molar-refractivity contribution in [2.45, 2.75) is 25.6 Å². The van der Waals surface area contributed by atoms with Crippen molar-refractivity contribution in [2.24, 2.45) is 0 Å². The van der Waals surface area contributed by atoms with Gasteiger partial charge in [0.05, 0.1) is 5.38 Å². The van der Waals surface area contributed by atoms with Gasteiger partial charge in [-0.05, 0) is 47.8 Å². The molecule has 1 heterocycles. The molecule has 90 valence electrons. The summed E-state index contributed by atoms with van der Waals surface area (Å²) < 4.78 is 1.13. The molecule has 0 fully saturated rings. The molecular formula is C14H14BrClS. The van der Waals surface area contributed by atoms with Gasteiger partial charge < -0.3 is 0 Å². The van der Waals surface area contributed by atoms with Crippen molar-refractivity contribution in [3.63, 3.8) is 0 Å². The number of rotatable bonds is 3. The van der Waals surface area contributed by atoms with Crippen LogP contribution in [0.3, 0.4) is 0 Å². The zero-order valence-corrected chi connectivity index (χ0v) is 13.0. The van der Waals surface area contributed by atoms with Crippen LogP contribution in [0.5, 0.6) is 0 Å². The normalized spacial score (nSPS) is 12.7. The van der Waals surface area contributed by atoms with Gasteiger partial charge in [0, 0.05) is 14.2 Å². The minimum Gasteiger partial charge on any atom is -0.143 e. The van der Waals surface area contributed by atoms with Crippen molar-refractivity contribution in [3.05, 3.63) is 55.7 Å². The Hall–Kier alpha value is -0.310. The second-order valence-corrected chi connectivity index (χ2v) is 6.90. The fourth-order valence-corrected chi connectivity index (χ4v) is 4.32. The van der Waals surface area contributed by atoms with E-state index < -0.39 is 0 Å². The summed E-state index contributed by atoms with van der Waals surface area (Å²) in [6, 6.07) is 10.7. The Labute approximate surface area is 120 Å². The van der Waals surface area contributed by atoms with E-state index in [9.17, 15) is 0 Å². The first-order chi connectivity index (χ1) is 8.06. The van der Waals surface area contributed by atoms with Crippen LogP contribution in [0.1, 0.15) is 26.3 Å². The van der Waals surface area contributed by atoms with Crippen molar-refractivity contribution >= 4 is 38.9 Å². The first-order valence-corrected chi connectivity index (χ1v) is 7.56. The van der Waals surface area contributed by atoms with E-state index in [1.54, 1.807) is 11.3 Å². The Bertz CT molecular complexity index is 519. The second-order valence-electron chi connectivity index (χ2n) is 4.23. The molecule has 0 nitrogen and oxygen atoms in total. The Morgan fingerprint density at radius 1 is 1.29 bits per heavy atom. The number of hydrogen-bond donors (Lipinski definition) is 0. The zero-order chi connectivity index (χ0) is 12.4. The maximum atomic E-state index is 6.49. The summed E-state index contributed by atoms with van der Waals surface area (Å²) in [5, 5.41) is 0.0462. The van der Waals surface area contributed by atoms with E-state index in [4.69, 9.17) is 11.6 Å². The Morgan fingerprint density at radius 2 is 2.06 bits per heavy atom. The molecule has 0 aliphatic heterocycles. The summed E-state index contributed by atoms with van der Waals surface area (Å²) in [4.78, 5) is 2.52. The molecule has 0 saturated carbocycles. The van der Waals surface area contributed by atoms with E-state index in [0.29, 0.717) is 0 Å². The standard InChI is InChI=1S/C14H14BrClS/c1-9-4-3-5-11(6-9)8-13(16)14-12(15)7-10(2)17-14/h3-7,13H,8H2,1-2H3. The van der Waals surface area contributed by atoms with Crippen molar-refractivity contribution < 1.29 is 0 Å². The first kappa shape index (κ1) is 13.1. The third kappa shape index (κ3) is 3.34. The predicted molar refractivity (Wildman–Crippen MR) is 80.2 cm³/mol. The minimum absolute atomic E-state index is 0.0462. The van der Waals surface area contributed by atoms with Crippen molar-refractivity contribution in [2.75, 3.05) is 0 Å². The molecule has 0 bridgehead atoms. The van der Waals surface area contributed by atoms with Gasteiger partial charge in [-0.3, -0.25) is 0 Å². The number of alkyl halides is 1. The Morgan fingerprint density at radius 3 is 2.65 bits per heavy atom. The molecule has 1 aromatic heterocycles. The van der Waals surface area contributed by atoms with E-state index >= 15 is 0 Å². The molecule has 0 aliphatic carbocycles. The summed E-state index contributed by atoms with van der Waals surface area (Å²) in [5.74, 6) is 0. The number of halogens is 2. The molecule has 0 amide bonds. The van der Waals surface area contributed by atoms with Gasteiger partial charge in [0.1, 0.15) is 0 Å². The summed E-state index contributed by atoms with van der Waals surface area (Å²) >= 11 is 11.8. The van der Waals surface area contributed by atoms with Crippen LogP contribution < -0.4 is 0 Å². The van der Waals surface area contributed by atoms with Gasteiger partial charge in [-0.2, -0.15) is 0 Å². The molecular weight excluding hydrogens is 316 g/mol. The highest BCUT2D eigenvalue weighted by Gasteiger charge is 2.15. The van der Waals surface area contributed by atoms with Crippen LogP contribution in [0, 0.1) is 13.8 Å². The van der Waals surface area contributed by atoms with Gasteiger partial charge in [0.2, 0.25) is 0 Å². The lowest BCUT2D eigenvalue weighted by atomic mass is 10.1. The van der Waals surface area contributed by atoms with Crippen LogP contribution in [-0.4, -0.2) is 0 Å². The minimum atomic E-state index is 0.0462. The topological polar surface area (TPSA) is 0 Å². The van der Waals surface area contributed by atoms with Crippen LogP contribution in [0.2, 0.25) is 0 Å². The molecule has 0 aliphatic rings. The van der Waals surface area contributed by atoms with E-state index in [1.807, 2.05) is 0 Å². The van der Waals surface area contributed by atoms with Crippen molar-refractivity contribution in [3.8, 4) is 0 Å². The van der Waals surface area contributed by atoms with Crippen molar-refractivity contribution in [1.82, 2.24) is 0 Å². The molecule has 3 heteroatoms. The maximum absolute atomic E-state index is 6.49. The van der Waals surface area contributed by atoms with Crippen molar-refractivity contribution in [1.29, 1.82) is 0 Å². The average Bonchev–Trinajstić information content (AvgIpc) is 2.58. The van der Waals surface area contributed by atoms with E-state index in [0.717, 1.165) is 10.9 Å². The largest absolute Gasteiger partial charge is 0.143 e. The molecule has 0 spiro atoms. The number of thiophene rings is 1. The SMILES string of the molecule is Cc1cccc(CC(Cl)c2sc(C)cc2Br)c1. The fraction of sp³-hybridized carbons (Fsp3) is 0.286. The first-order valence-electron chi connectivity index (χ1n) is 5.51. The van der Waals surface area contributed by atoms with Gasteiger partial charge in [-0.15, -0.1) is 22.9 Å². The van der Waals surface area contributed by atoms with Crippen LogP contribution >= 0.6 is 38.9 Å². The van der Waals surface area contributed by atoms with E-state index in [2.05, 4.69) is 60.1 Å². The van der Waals surface area contributed by atoms with Gasteiger partial charge in [-0.1, -0.05) is 29.8 Å². The molecule has 2 rings (SSSR count). The Balaban J connectivity index is 2.16. The lowest BCUT2D eigenvalue weighted by molar-refractivity contribution is 0.934. The third-order valence-electron chi connectivity index (χ3n) is 2.62. The Kier molecular flexibility index (Phi) is 4.29. The van der Waals surface area contributed by atoms with Gasteiger partial charge in [-0.25, -0.2) is 0 Å².